The van der Waals surface area contributed by atoms with Crippen molar-refractivity contribution in [3.8, 4) is 0 Å². The first-order valence-corrected chi connectivity index (χ1v) is 6.83. The van der Waals surface area contributed by atoms with Gasteiger partial charge < -0.3 is 10.1 Å². The van der Waals surface area contributed by atoms with Crippen molar-refractivity contribution in [2.24, 2.45) is 5.41 Å². The van der Waals surface area contributed by atoms with Gasteiger partial charge >= 0.3 is 0 Å². The van der Waals surface area contributed by atoms with E-state index in [9.17, 15) is 0 Å². The van der Waals surface area contributed by atoms with Gasteiger partial charge in [0.05, 0.1) is 12.7 Å². The Balaban J connectivity index is 2.30. The maximum Gasteiger partial charge on any atom is 0.0628 e. The van der Waals surface area contributed by atoms with Crippen molar-refractivity contribution in [3.63, 3.8) is 0 Å². The molecule has 1 saturated carbocycles. The van der Waals surface area contributed by atoms with E-state index in [4.69, 9.17) is 4.74 Å². The number of hydrogen-bond donors (Lipinski definition) is 1. The molecular weight excluding hydrogens is 198 g/mol. The molecule has 0 aromatic heterocycles. The summed E-state index contributed by atoms with van der Waals surface area (Å²) in [7, 11) is 2.03. The van der Waals surface area contributed by atoms with Gasteiger partial charge in [0.2, 0.25) is 0 Å². The van der Waals surface area contributed by atoms with Crippen molar-refractivity contribution < 1.29 is 4.74 Å². The molecule has 16 heavy (non-hydrogen) atoms. The highest BCUT2D eigenvalue weighted by molar-refractivity contribution is 4.79. The van der Waals surface area contributed by atoms with Gasteiger partial charge in [-0.3, -0.25) is 0 Å². The average Bonchev–Trinajstić information content (AvgIpc) is 2.45. The third-order valence-corrected chi connectivity index (χ3v) is 3.69. The molecule has 1 aliphatic carbocycles. The minimum Gasteiger partial charge on any atom is -0.377 e. The van der Waals surface area contributed by atoms with E-state index in [-0.39, 0.29) is 5.41 Å². The number of hydrogen-bond acceptors (Lipinski definition) is 2. The molecule has 2 heteroatoms. The van der Waals surface area contributed by atoms with Crippen molar-refractivity contribution in [2.75, 3.05) is 13.7 Å². The number of nitrogens with one attached hydrogen (secondary N) is 1. The van der Waals surface area contributed by atoms with Crippen LogP contribution in [0.15, 0.2) is 0 Å². The lowest BCUT2D eigenvalue weighted by atomic mass is 9.87. The van der Waals surface area contributed by atoms with Crippen LogP contribution in [-0.4, -0.2) is 25.8 Å². The van der Waals surface area contributed by atoms with E-state index in [1.165, 1.54) is 38.5 Å². The van der Waals surface area contributed by atoms with E-state index >= 15 is 0 Å². The normalized spacial score (nSPS) is 21.8. The van der Waals surface area contributed by atoms with Crippen LogP contribution in [0.5, 0.6) is 0 Å². The maximum atomic E-state index is 6.08. The first-order valence-electron chi connectivity index (χ1n) is 6.83. The zero-order chi connectivity index (χ0) is 12.0. The Labute approximate surface area is 101 Å². The molecule has 1 fully saturated rings. The third kappa shape index (κ3) is 4.84. The summed E-state index contributed by atoms with van der Waals surface area (Å²) in [4.78, 5) is 0. The summed E-state index contributed by atoms with van der Waals surface area (Å²) in [6.45, 7) is 7.66. The van der Waals surface area contributed by atoms with Crippen molar-refractivity contribution in [1.29, 1.82) is 0 Å². The highest BCUT2D eigenvalue weighted by Gasteiger charge is 2.24. The van der Waals surface area contributed by atoms with E-state index in [1.54, 1.807) is 0 Å². The quantitative estimate of drug-likeness (QED) is 0.744. The van der Waals surface area contributed by atoms with Gasteiger partial charge in [0.15, 0.2) is 0 Å². The first-order chi connectivity index (χ1) is 7.54. The van der Waals surface area contributed by atoms with Crippen molar-refractivity contribution in [2.45, 2.75) is 71.4 Å². The van der Waals surface area contributed by atoms with E-state index in [1.807, 2.05) is 7.05 Å². The Morgan fingerprint density at radius 2 is 1.69 bits per heavy atom. The summed E-state index contributed by atoms with van der Waals surface area (Å²) in [6, 6.07) is 0.454. The molecule has 0 saturated heterocycles. The summed E-state index contributed by atoms with van der Waals surface area (Å²) in [5.74, 6) is 0. The van der Waals surface area contributed by atoms with Crippen LogP contribution in [0.1, 0.15) is 59.3 Å². The van der Waals surface area contributed by atoms with Crippen LogP contribution in [0.25, 0.3) is 0 Å². The fraction of sp³-hybridized carbons (Fsp3) is 1.00. The van der Waals surface area contributed by atoms with Gasteiger partial charge in [-0.05, 0) is 25.3 Å². The molecule has 1 atom stereocenters. The molecule has 0 amide bonds. The number of ether oxygens (including phenoxy) is 1. The summed E-state index contributed by atoms with van der Waals surface area (Å²) in [5.41, 5.74) is 0.277. The molecule has 0 aliphatic heterocycles. The highest BCUT2D eigenvalue weighted by Crippen LogP contribution is 2.23. The zero-order valence-electron chi connectivity index (χ0n) is 11.5. The molecular formula is C14H29NO. The third-order valence-electron chi connectivity index (χ3n) is 3.69. The van der Waals surface area contributed by atoms with Gasteiger partial charge in [-0.2, -0.15) is 0 Å². The largest absolute Gasteiger partial charge is 0.377 e. The van der Waals surface area contributed by atoms with Gasteiger partial charge in [-0.25, -0.2) is 0 Å². The van der Waals surface area contributed by atoms with Gasteiger partial charge in [-0.1, -0.05) is 46.5 Å². The standard InChI is InChI=1S/C14H29NO/c1-14(2,3)13(15-4)11-16-12-9-7-5-6-8-10-12/h12-13,15H,5-11H2,1-4H3. The van der Waals surface area contributed by atoms with E-state index < -0.39 is 0 Å². The molecule has 96 valence electrons. The monoisotopic (exact) mass is 227 g/mol. The topological polar surface area (TPSA) is 21.3 Å². The molecule has 0 bridgehead atoms. The lowest BCUT2D eigenvalue weighted by Crippen LogP contribution is -2.42. The van der Waals surface area contributed by atoms with Crippen molar-refractivity contribution in [1.82, 2.24) is 5.32 Å². The lowest BCUT2D eigenvalue weighted by molar-refractivity contribution is 0.0112. The van der Waals surface area contributed by atoms with Crippen LogP contribution < -0.4 is 5.32 Å². The predicted octanol–water partition coefficient (Wildman–Crippen LogP) is 3.36. The summed E-state index contributed by atoms with van der Waals surface area (Å²) < 4.78 is 6.08. The van der Waals surface area contributed by atoms with Gasteiger partial charge in [-0.15, -0.1) is 0 Å². The second-order valence-electron chi connectivity index (χ2n) is 6.15. The fourth-order valence-corrected chi connectivity index (χ4v) is 2.41. The van der Waals surface area contributed by atoms with E-state index in [2.05, 4.69) is 26.1 Å². The fourth-order valence-electron chi connectivity index (χ4n) is 2.41. The zero-order valence-corrected chi connectivity index (χ0v) is 11.5. The Kier molecular flexibility index (Phi) is 5.77. The van der Waals surface area contributed by atoms with E-state index in [0.717, 1.165) is 6.61 Å². The van der Waals surface area contributed by atoms with Crippen molar-refractivity contribution >= 4 is 0 Å². The molecule has 0 radical (unpaired) electrons. The molecule has 1 aliphatic rings. The molecule has 2 nitrogen and oxygen atoms in total. The molecule has 0 heterocycles. The maximum absolute atomic E-state index is 6.08. The van der Waals surface area contributed by atoms with Crippen LogP contribution in [0.3, 0.4) is 0 Å². The van der Waals surface area contributed by atoms with Crippen LogP contribution in [-0.2, 0) is 4.74 Å². The number of likely N-dealkylation sites (N-methyl/N-ethyl adjacent to an activating group) is 1. The second kappa shape index (κ2) is 6.61. The lowest BCUT2D eigenvalue weighted by Gasteiger charge is -2.31. The van der Waals surface area contributed by atoms with Gasteiger partial charge in [0.25, 0.3) is 0 Å². The highest BCUT2D eigenvalue weighted by atomic mass is 16.5. The average molecular weight is 227 g/mol. The molecule has 1 unspecified atom stereocenters. The minimum absolute atomic E-state index is 0.277. The Morgan fingerprint density at radius 1 is 1.12 bits per heavy atom. The molecule has 0 aromatic rings. The summed E-state index contributed by atoms with van der Waals surface area (Å²) >= 11 is 0. The Morgan fingerprint density at radius 3 is 2.12 bits per heavy atom. The summed E-state index contributed by atoms with van der Waals surface area (Å²) in [6.07, 6.45) is 8.54. The van der Waals surface area contributed by atoms with Gasteiger partial charge in [0.1, 0.15) is 0 Å². The predicted molar refractivity (Wildman–Crippen MR) is 69.7 cm³/mol. The van der Waals surface area contributed by atoms with Crippen LogP contribution in [0.2, 0.25) is 0 Å². The van der Waals surface area contributed by atoms with Crippen molar-refractivity contribution in [3.05, 3.63) is 0 Å². The van der Waals surface area contributed by atoms with Crippen LogP contribution in [0.4, 0.5) is 0 Å². The minimum atomic E-state index is 0.277. The van der Waals surface area contributed by atoms with Crippen LogP contribution >= 0.6 is 0 Å². The smallest absolute Gasteiger partial charge is 0.0628 e. The molecule has 0 spiro atoms. The van der Waals surface area contributed by atoms with Crippen LogP contribution in [0, 0.1) is 5.41 Å². The van der Waals surface area contributed by atoms with Gasteiger partial charge in [0, 0.05) is 6.04 Å². The number of rotatable bonds is 4. The molecule has 1 N–H and O–H groups in total. The molecule has 1 rings (SSSR count). The summed E-state index contributed by atoms with van der Waals surface area (Å²) in [5, 5.41) is 3.37. The Hall–Kier alpha value is -0.0800. The second-order valence-corrected chi connectivity index (χ2v) is 6.15. The SMILES string of the molecule is CNC(COC1CCCCCC1)C(C)(C)C. The van der Waals surface area contributed by atoms with E-state index in [0.29, 0.717) is 12.1 Å². The first kappa shape index (κ1) is 14.0. The Bertz CT molecular complexity index is 178. The molecule has 0 aromatic carbocycles.